The van der Waals surface area contributed by atoms with Crippen molar-refractivity contribution in [3.63, 3.8) is 0 Å². The van der Waals surface area contributed by atoms with Crippen LogP contribution in [0.4, 0.5) is 4.39 Å². The number of hydrogen-bond acceptors (Lipinski definition) is 4. The van der Waals surface area contributed by atoms with Gasteiger partial charge in [0.2, 0.25) is 5.91 Å². The number of halogens is 2. The SMILES string of the molecule is C=CC(=O)N1CCC(n2c(=O)n(-c3ccc(OCc4ccc(Cl)cc4F)cc3)c3cnccc32)C1. The fraction of sp³-hybridized carbons (Fsp3) is 0.192. The Labute approximate surface area is 205 Å². The number of imidazole rings is 1. The zero-order valence-corrected chi connectivity index (χ0v) is 19.5. The van der Waals surface area contributed by atoms with Crippen LogP contribution in [-0.2, 0) is 11.4 Å². The van der Waals surface area contributed by atoms with E-state index in [9.17, 15) is 14.0 Å². The fourth-order valence-electron chi connectivity index (χ4n) is 4.44. The maximum absolute atomic E-state index is 14.0. The molecule has 178 valence electrons. The van der Waals surface area contributed by atoms with Crippen LogP contribution in [0.25, 0.3) is 16.7 Å². The second-order valence-corrected chi connectivity index (χ2v) is 8.74. The molecule has 5 rings (SSSR count). The number of nitrogens with zero attached hydrogens (tertiary/aromatic N) is 4. The third-order valence-corrected chi connectivity index (χ3v) is 6.43. The number of rotatable bonds is 6. The molecule has 3 heterocycles. The van der Waals surface area contributed by atoms with Crippen molar-refractivity contribution in [3.05, 3.63) is 100 Å². The van der Waals surface area contributed by atoms with Crippen molar-refractivity contribution in [1.29, 1.82) is 0 Å². The molecule has 1 aliphatic rings. The summed E-state index contributed by atoms with van der Waals surface area (Å²) in [5, 5.41) is 0.326. The van der Waals surface area contributed by atoms with Gasteiger partial charge in [-0.1, -0.05) is 24.2 Å². The van der Waals surface area contributed by atoms with Crippen LogP contribution in [-0.4, -0.2) is 38.0 Å². The first-order chi connectivity index (χ1) is 17.0. The van der Waals surface area contributed by atoms with Gasteiger partial charge in [-0.15, -0.1) is 0 Å². The number of amides is 1. The molecule has 2 aromatic carbocycles. The predicted molar refractivity (Wildman–Crippen MR) is 132 cm³/mol. The lowest BCUT2D eigenvalue weighted by Gasteiger charge is -2.15. The van der Waals surface area contributed by atoms with Gasteiger partial charge in [0, 0.05) is 29.9 Å². The van der Waals surface area contributed by atoms with Crippen molar-refractivity contribution in [2.45, 2.75) is 19.1 Å². The third kappa shape index (κ3) is 4.33. The van der Waals surface area contributed by atoms with Crippen LogP contribution in [0.1, 0.15) is 18.0 Å². The van der Waals surface area contributed by atoms with E-state index in [0.29, 0.717) is 47.1 Å². The molecule has 1 saturated heterocycles. The van der Waals surface area contributed by atoms with Crippen LogP contribution in [0.5, 0.6) is 5.75 Å². The Kier molecular flexibility index (Phi) is 6.13. The van der Waals surface area contributed by atoms with Crippen molar-refractivity contribution in [1.82, 2.24) is 19.0 Å². The molecule has 0 bridgehead atoms. The number of aromatic nitrogens is 3. The quantitative estimate of drug-likeness (QED) is 0.371. The van der Waals surface area contributed by atoms with E-state index in [-0.39, 0.29) is 24.2 Å². The Hall–Kier alpha value is -3.91. The minimum absolute atomic E-state index is 0.0487. The molecule has 2 aromatic heterocycles. The maximum atomic E-state index is 14.0. The molecule has 0 spiro atoms. The summed E-state index contributed by atoms with van der Waals surface area (Å²) in [5.41, 5.74) is 2.25. The molecule has 1 unspecified atom stereocenters. The van der Waals surface area contributed by atoms with Gasteiger partial charge < -0.3 is 9.64 Å². The molecule has 1 amide bonds. The largest absolute Gasteiger partial charge is 0.489 e. The molecule has 0 N–H and O–H groups in total. The van der Waals surface area contributed by atoms with Crippen LogP contribution in [0, 0.1) is 5.82 Å². The highest BCUT2D eigenvalue weighted by molar-refractivity contribution is 6.30. The Morgan fingerprint density at radius 1 is 1.20 bits per heavy atom. The Morgan fingerprint density at radius 2 is 2.00 bits per heavy atom. The van der Waals surface area contributed by atoms with Gasteiger partial charge in [0.05, 0.1) is 29.0 Å². The first-order valence-corrected chi connectivity index (χ1v) is 11.5. The molecule has 35 heavy (non-hydrogen) atoms. The number of likely N-dealkylation sites (tertiary alicyclic amines) is 1. The van der Waals surface area contributed by atoms with Crippen LogP contribution in [0.3, 0.4) is 0 Å². The number of carbonyl (C=O) groups excluding carboxylic acids is 1. The van der Waals surface area contributed by atoms with Gasteiger partial charge in [-0.3, -0.25) is 18.9 Å². The first kappa shape index (κ1) is 22.9. The van der Waals surface area contributed by atoms with Gasteiger partial charge in [0.1, 0.15) is 18.2 Å². The monoisotopic (exact) mass is 492 g/mol. The summed E-state index contributed by atoms with van der Waals surface area (Å²) < 4.78 is 23.1. The molecule has 1 aliphatic heterocycles. The molecule has 1 fully saturated rings. The first-order valence-electron chi connectivity index (χ1n) is 11.1. The topological polar surface area (TPSA) is 69.4 Å². The lowest BCUT2D eigenvalue weighted by molar-refractivity contribution is -0.125. The number of hydrogen-bond donors (Lipinski definition) is 0. The molecule has 9 heteroatoms. The molecular weight excluding hydrogens is 471 g/mol. The smallest absolute Gasteiger partial charge is 0.334 e. The van der Waals surface area contributed by atoms with E-state index in [4.69, 9.17) is 16.3 Å². The number of ether oxygens (including phenoxy) is 1. The van der Waals surface area contributed by atoms with Crippen LogP contribution >= 0.6 is 11.6 Å². The molecule has 0 saturated carbocycles. The summed E-state index contributed by atoms with van der Waals surface area (Å²) in [5.74, 6) is -0.0336. The van der Waals surface area contributed by atoms with E-state index in [2.05, 4.69) is 11.6 Å². The summed E-state index contributed by atoms with van der Waals surface area (Å²) in [7, 11) is 0. The molecular formula is C26H22ClFN4O3. The van der Waals surface area contributed by atoms with Crippen LogP contribution < -0.4 is 10.4 Å². The lowest BCUT2D eigenvalue weighted by atomic mass is 10.2. The summed E-state index contributed by atoms with van der Waals surface area (Å²) in [6.45, 7) is 4.62. The van der Waals surface area contributed by atoms with Gasteiger partial charge in [0.25, 0.3) is 0 Å². The summed E-state index contributed by atoms with van der Waals surface area (Å²) in [6, 6.07) is 13.1. The number of pyridine rings is 1. The number of fused-ring (bicyclic) bond motifs is 1. The Balaban J connectivity index is 1.43. The highest BCUT2D eigenvalue weighted by Crippen LogP contribution is 2.27. The number of benzene rings is 2. The van der Waals surface area contributed by atoms with E-state index >= 15 is 0 Å². The Bertz CT molecular complexity index is 1480. The zero-order chi connectivity index (χ0) is 24.5. The van der Waals surface area contributed by atoms with Crippen LogP contribution in [0.15, 0.2) is 78.4 Å². The van der Waals surface area contributed by atoms with Crippen molar-refractivity contribution < 1.29 is 13.9 Å². The number of carbonyl (C=O) groups is 1. The summed E-state index contributed by atoms with van der Waals surface area (Å²) in [4.78, 5) is 31.5. The maximum Gasteiger partial charge on any atom is 0.334 e. The van der Waals surface area contributed by atoms with E-state index in [1.54, 1.807) is 62.8 Å². The molecule has 0 aliphatic carbocycles. The second kappa shape index (κ2) is 9.38. The fourth-order valence-corrected chi connectivity index (χ4v) is 4.60. The van der Waals surface area contributed by atoms with E-state index < -0.39 is 5.82 Å². The summed E-state index contributed by atoms with van der Waals surface area (Å²) >= 11 is 5.80. The molecule has 7 nitrogen and oxygen atoms in total. The zero-order valence-electron chi connectivity index (χ0n) is 18.7. The Morgan fingerprint density at radius 3 is 2.74 bits per heavy atom. The van der Waals surface area contributed by atoms with Crippen molar-refractivity contribution in [2.24, 2.45) is 0 Å². The molecule has 0 radical (unpaired) electrons. The van der Waals surface area contributed by atoms with E-state index in [1.807, 2.05) is 6.07 Å². The van der Waals surface area contributed by atoms with Gasteiger partial charge in [-0.05, 0) is 55.0 Å². The third-order valence-electron chi connectivity index (χ3n) is 6.19. The summed E-state index contributed by atoms with van der Waals surface area (Å²) in [6.07, 6.45) is 5.28. The van der Waals surface area contributed by atoms with Gasteiger partial charge in [0.15, 0.2) is 0 Å². The molecule has 4 aromatic rings. The lowest BCUT2D eigenvalue weighted by Crippen LogP contribution is -2.31. The van der Waals surface area contributed by atoms with Gasteiger partial charge in [-0.25, -0.2) is 9.18 Å². The molecule has 1 atom stereocenters. The van der Waals surface area contributed by atoms with E-state index in [0.717, 1.165) is 5.52 Å². The normalized spacial score (nSPS) is 15.5. The minimum atomic E-state index is -0.429. The van der Waals surface area contributed by atoms with Crippen LogP contribution in [0.2, 0.25) is 5.02 Å². The predicted octanol–water partition coefficient (Wildman–Crippen LogP) is 4.52. The second-order valence-electron chi connectivity index (χ2n) is 8.30. The van der Waals surface area contributed by atoms with Gasteiger partial charge in [-0.2, -0.15) is 0 Å². The average molecular weight is 493 g/mol. The standard InChI is InChI=1S/C26H22ClFN4O3/c1-2-25(33)30-12-10-20(15-30)32-23-9-11-29-14-24(23)31(26(32)34)19-5-7-21(8-6-19)35-16-17-3-4-18(27)13-22(17)28/h2-9,11,13-14,20H,1,10,12,15-16H2. The highest BCUT2D eigenvalue weighted by Gasteiger charge is 2.29. The van der Waals surface area contributed by atoms with E-state index in [1.165, 1.54) is 12.1 Å². The minimum Gasteiger partial charge on any atom is -0.489 e. The van der Waals surface area contributed by atoms with Gasteiger partial charge >= 0.3 is 5.69 Å². The van der Waals surface area contributed by atoms with Crippen molar-refractivity contribution in [3.8, 4) is 11.4 Å². The van der Waals surface area contributed by atoms with Crippen molar-refractivity contribution >= 4 is 28.5 Å². The van der Waals surface area contributed by atoms with Crippen molar-refractivity contribution in [2.75, 3.05) is 13.1 Å². The highest BCUT2D eigenvalue weighted by atomic mass is 35.5. The average Bonchev–Trinajstić information content (AvgIpc) is 3.45.